The SMILES string of the molecule is CCOc1ccc(NC(=O)COc2ccc(C)cc2)cc1OCC. The van der Waals surface area contributed by atoms with Crippen LogP contribution < -0.4 is 19.5 Å². The first kappa shape index (κ1) is 17.7. The second-order valence-electron chi connectivity index (χ2n) is 5.18. The Balaban J connectivity index is 1.95. The molecule has 1 N–H and O–H groups in total. The summed E-state index contributed by atoms with van der Waals surface area (Å²) in [6.45, 7) is 6.83. The Morgan fingerprint density at radius 1 is 0.917 bits per heavy atom. The minimum atomic E-state index is -0.234. The molecule has 0 unspecified atom stereocenters. The highest BCUT2D eigenvalue weighted by atomic mass is 16.5. The summed E-state index contributed by atoms with van der Waals surface area (Å²) in [5.41, 5.74) is 1.78. The Kier molecular flexibility index (Phi) is 6.49. The van der Waals surface area contributed by atoms with Crippen molar-refractivity contribution in [1.82, 2.24) is 0 Å². The second-order valence-corrected chi connectivity index (χ2v) is 5.18. The Morgan fingerprint density at radius 2 is 1.58 bits per heavy atom. The Bertz CT molecular complexity index is 668. The summed E-state index contributed by atoms with van der Waals surface area (Å²) in [6, 6.07) is 12.9. The molecule has 0 saturated heterocycles. The van der Waals surface area contributed by atoms with Gasteiger partial charge in [0, 0.05) is 11.8 Å². The van der Waals surface area contributed by atoms with Crippen molar-refractivity contribution in [1.29, 1.82) is 0 Å². The van der Waals surface area contributed by atoms with Gasteiger partial charge in [-0.05, 0) is 45.0 Å². The molecule has 128 valence electrons. The molecule has 0 radical (unpaired) electrons. The molecule has 5 heteroatoms. The summed E-state index contributed by atoms with van der Waals surface area (Å²) in [6.07, 6.45) is 0. The first-order chi connectivity index (χ1) is 11.6. The molecule has 2 aromatic carbocycles. The molecule has 0 aromatic heterocycles. The van der Waals surface area contributed by atoms with E-state index in [2.05, 4.69) is 5.32 Å². The summed E-state index contributed by atoms with van der Waals surface area (Å²) in [4.78, 5) is 12.0. The van der Waals surface area contributed by atoms with E-state index in [1.54, 1.807) is 18.2 Å². The van der Waals surface area contributed by atoms with E-state index in [9.17, 15) is 4.79 Å². The molecular formula is C19H23NO4. The lowest BCUT2D eigenvalue weighted by atomic mass is 10.2. The van der Waals surface area contributed by atoms with Crippen LogP contribution in [0.5, 0.6) is 17.2 Å². The average molecular weight is 329 g/mol. The highest BCUT2D eigenvalue weighted by Gasteiger charge is 2.09. The van der Waals surface area contributed by atoms with E-state index in [4.69, 9.17) is 14.2 Å². The van der Waals surface area contributed by atoms with Crippen molar-refractivity contribution in [2.24, 2.45) is 0 Å². The van der Waals surface area contributed by atoms with E-state index < -0.39 is 0 Å². The third-order valence-corrected chi connectivity index (χ3v) is 3.22. The topological polar surface area (TPSA) is 56.8 Å². The maximum absolute atomic E-state index is 12.0. The van der Waals surface area contributed by atoms with Crippen LogP contribution in [0.25, 0.3) is 0 Å². The summed E-state index contributed by atoms with van der Waals surface area (Å²) in [7, 11) is 0. The first-order valence-electron chi connectivity index (χ1n) is 8.01. The fourth-order valence-electron chi connectivity index (χ4n) is 2.11. The van der Waals surface area contributed by atoms with Crippen molar-refractivity contribution in [2.45, 2.75) is 20.8 Å². The highest BCUT2D eigenvalue weighted by Crippen LogP contribution is 2.30. The van der Waals surface area contributed by atoms with Crippen LogP contribution in [0.1, 0.15) is 19.4 Å². The molecule has 0 aliphatic rings. The van der Waals surface area contributed by atoms with E-state index in [0.717, 1.165) is 5.56 Å². The summed E-state index contributed by atoms with van der Waals surface area (Å²) in [5.74, 6) is 1.70. The van der Waals surface area contributed by atoms with Crippen LogP contribution >= 0.6 is 0 Å². The predicted octanol–water partition coefficient (Wildman–Crippen LogP) is 3.81. The van der Waals surface area contributed by atoms with E-state index >= 15 is 0 Å². The van der Waals surface area contributed by atoms with Gasteiger partial charge in [-0.1, -0.05) is 17.7 Å². The van der Waals surface area contributed by atoms with Crippen LogP contribution in [0, 0.1) is 6.92 Å². The molecule has 2 aromatic rings. The zero-order chi connectivity index (χ0) is 17.4. The predicted molar refractivity (Wildman–Crippen MR) is 94.1 cm³/mol. The van der Waals surface area contributed by atoms with E-state index in [-0.39, 0.29) is 12.5 Å². The molecule has 2 rings (SSSR count). The van der Waals surface area contributed by atoms with Crippen molar-refractivity contribution < 1.29 is 19.0 Å². The zero-order valence-electron chi connectivity index (χ0n) is 14.3. The molecule has 0 atom stereocenters. The van der Waals surface area contributed by atoms with Gasteiger partial charge in [0.05, 0.1) is 13.2 Å². The minimum absolute atomic E-state index is 0.0553. The lowest BCUT2D eigenvalue weighted by molar-refractivity contribution is -0.118. The average Bonchev–Trinajstić information content (AvgIpc) is 2.57. The molecule has 0 heterocycles. The molecule has 0 aliphatic heterocycles. The van der Waals surface area contributed by atoms with E-state index in [1.165, 1.54) is 0 Å². The highest BCUT2D eigenvalue weighted by molar-refractivity contribution is 5.92. The molecule has 0 fully saturated rings. The number of amides is 1. The fourth-order valence-corrected chi connectivity index (χ4v) is 2.11. The molecule has 0 saturated carbocycles. The van der Waals surface area contributed by atoms with Gasteiger partial charge in [-0.25, -0.2) is 0 Å². The number of ether oxygens (including phenoxy) is 3. The molecular weight excluding hydrogens is 306 g/mol. The Morgan fingerprint density at radius 3 is 2.25 bits per heavy atom. The standard InChI is InChI=1S/C19H23NO4/c1-4-22-17-11-8-15(12-18(17)23-5-2)20-19(21)13-24-16-9-6-14(3)7-10-16/h6-12H,4-5,13H2,1-3H3,(H,20,21). The minimum Gasteiger partial charge on any atom is -0.490 e. The number of nitrogens with one attached hydrogen (secondary N) is 1. The lowest BCUT2D eigenvalue weighted by Crippen LogP contribution is -2.20. The van der Waals surface area contributed by atoms with Gasteiger partial charge in [-0.2, -0.15) is 0 Å². The molecule has 0 aliphatic carbocycles. The van der Waals surface area contributed by atoms with Gasteiger partial charge in [-0.3, -0.25) is 4.79 Å². The lowest BCUT2D eigenvalue weighted by Gasteiger charge is -2.13. The van der Waals surface area contributed by atoms with Gasteiger partial charge < -0.3 is 19.5 Å². The molecule has 1 amide bonds. The number of benzene rings is 2. The van der Waals surface area contributed by atoms with Crippen molar-refractivity contribution in [3.8, 4) is 17.2 Å². The van der Waals surface area contributed by atoms with Crippen molar-refractivity contribution >= 4 is 11.6 Å². The van der Waals surface area contributed by atoms with Gasteiger partial charge in [0.1, 0.15) is 5.75 Å². The smallest absolute Gasteiger partial charge is 0.262 e. The number of rotatable bonds is 8. The fraction of sp³-hybridized carbons (Fsp3) is 0.316. The van der Waals surface area contributed by atoms with Gasteiger partial charge in [0.15, 0.2) is 18.1 Å². The van der Waals surface area contributed by atoms with E-state index in [0.29, 0.717) is 36.1 Å². The number of anilines is 1. The molecule has 0 spiro atoms. The Labute approximate surface area is 142 Å². The normalized spacial score (nSPS) is 10.1. The van der Waals surface area contributed by atoms with Gasteiger partial charge in [0.2, 0.25) is 0 Å². The summed E-state index contributed by atoms with van der Waals surface area (Å²) in [5, 5.41) is 2.79. The number of hydrogen-bond donors (Lipinski definition) is 1. The van der Waals surface area contributed by atoms with Crippen molar-refractivity contribution in [2.75, 3.05) is 25.1 Å². The van der Waals surface area contributed by atoms with Gasteiger partial charge >= 0.3 is 0 Å². The maximum atomic E-state index is 12.0. The summed E-state index contributed by atoms with van der Waals surface area (Å²) >= 11 is 0. The molecule has 0 bridgehead atoms. The largest absolute Gasteiger partial charge is 0.490 e. The van der Waals surface area contributed by atoms with Crippen LogP contribution in [-0.4, -0.2) is 25.7 Å². The third-order valence-electron chi connectivity index (χ3n) is 3.22. The summed E-state index contributed by atoms with van der Waals surface area (Å²) < 4.78 is 16.5. The molecule has 24 heavy (non-hydrogen) atoms. The van der Waals surface area contributed by atoms with Crippen LogP contribution in [-0.2, 0) is 4.79 Å². The monoisotopic (exact) mass is 329 g/mol. The third kappa shape index (κ3) is 5.19. The second kappa shape index (κ2) is 8.82. The zero-order valence-corrected chi connectivity index (χ0v) is 14.3. The molecule has 5 nitrogen and oxygen atoms in total. The van der Waals surface area contributed by atoms with Crippen LogP contribution in [0.2, 0.25) is 0 Å². The quantitative estimate of drug-likeness (QED) is 0.800. The number of carbonyl (C=O) groups excluding carboxylic acids is 1. The maximum Gasteiger partial charge on any atom is 0.262 e. The van der Waals surface area contributed by atoms with Crippen molar-refractivity contribution in [3.63, 3.8) is 0 Å². The van der Waals surface area contributed by atoms with E-state index in [1.807, 2.05) is 45.0 Å². The number of carbonyl (C=O) groups is 1. The van der Waals surface area contributed by atoms with Crippen LogP contribution in [0.3, 0.4) is 0 Å². The van der Waals surface area contributed by atoms with Gasteiger partial charge in [0.25, 0.3) is 5.91 Å². The number of aryl methyl sites for hydroxylation is 1. The Hall–Kier alpha value is -2.69. The first-order valence-corrected chi connectivity index (χ1v) is 8.01. The van der Waals surface area contributed by atoms with Gasteiger partial charge in [-0.15, -0.1) is 0 Å². The number of hydrogen-bond acceptors (Lipinski definition) is 4. The van der Waals surface area contributed by atoms with Crippen molar-refractivity contribution in [3.05, 3.63) is 48.0 Å². The van der Waals surface area contributed by atoms with Crippen LogP contribution in [0.4, 0.5) is 5.69 Å². The van der Waals surface area contributed by atoms with Crippen LogP contribution in [0.15, 0.2) is 42.5 Å².